The van der Waals surface area contributed by atoms with Gasteiger partial charge in [0.15, 0.2) is 17.5 Å². The zero-order valence-corrected chi connectivity index (χ0v) is 7.48. The average molecular weight is 170 g/mol. The molecule has 3 rings (SSSR count). The first-order valence-electron chi connectivity index (χ1n) is 4.81. The van der Waals surface area contributed by atoms with Gasteiger partial charge in [-0.05, 0) is 12.2 Å². The molecule has 3 aliphatic rings. The van der Waals surface area contributed by atoms with E-state index in [0.717, 1.165) is 12.8 Å². The van der Waals surface area contributed by atoms with Crippen molar-refractivity contribution in [1.82, 2.24) is 0 Å². The molecule has 0 aromatic carbocycles. The first-order valence-corrected chi connectivity index (χ1v) is 4.81. The van der Waals surface area contributed by atoms with Crippen LogP contribution < -0.4 is 0 Å². The predicted molar refractivity (Wildman–Crippen MR) is 53.8 cm³/mol. The summed E-state index contributed by atoms with van der Waals surface area (Å²) in [6.45, 7) is 0. The second-order valence-electron chi connectivity index (χ2n) is 3.63. The Bertz CT molecular complexity index is 391. The molecular formula is C12H12N+. The molecule has 0 saturated heterocycles. The number of nitrogens with zero attached hydrogens (tertiary/aromatic N) is 1. The van der Waals surface area contributed by atoms with Gasteiger partial charge in [-0.15, -0.1) is 0 Å². The van der Waals surface area contributed by atoms with Gasteiger partial charge in [0.05, 0.1) is 12.8 Å². The van der Waals surface area contributed by atoms with E-state index in [4.69, 9.17) is 0 Å². The average Bonchev–Trinajstić information content (AvgIpc) is 2.19. The fourth-order valence-electron chi connectivity index (χ4n) is 2.22. The van der Waals surface area contributed by atoms with E-state index in [0.29, 0.717) is 6.04 Å². The lowest BCUT2D eigenvalue weighted by molar-refractivity contribution is -0.499. The Morgan fingerprint density at radius 1 is 1.15 bits per heavy atom. The molecule has 0 fully saturated rings. The molecule has 1 nitrogen and oxygen atoms in total. The highest BCUT2D eigenvalue weighted by Gasteiger charge is 2.30. The van der Waals surface area contributed by atoms with Crippen molar-refractivity contribution in [3.63, 3.8) is 0 Å². The van der Waals surface area contributed by atoms with Crippen LogP contribution >= 0.6 is 0 Å². The van der Waals surface area contributed by atoms with Crippen LogP contribution in [0.3, 0.4) is 0 Å². The van der Waals surface area contributed by atoms with E-state index in [1.807, 2.05) is 0 Å². The van der Waals surface area contributed by atoms with Gasteiger partial charge >= 0.3 is 0 Å². The molecule has 0 amide bonds. The largest absolute Gasteiger partial charge is 0.196 e. The van der Waals surface area contributed by atoms with Crippen LogP contribution in [0.15, 0.2) is 48.2 Å². The van der Waals surface area contributed by atoms with Gasteiger partial charge in [0.2, 0.25) is 0 Å². The summed E-state index contributed by atoms with van der Waals surface area (Å²) in [6.07, 6.45) is 17.9. The fourth-order valence-corrected chi connectivity index (χ4v) is 2.22. The summed E-state index contributed by atoms with van der Waals surface area (Å²) in [7, 11) is 0. The van der Waals surface area contributed by atoms with E-state index in [-0.39, 0.29) is 0 Å². The summed E-state index contributed by atoms with van der Waals surface area (Å²) >= 11 is 0. The topological polar surface area (TPSA) is 3.01 Å². The molecule has 3 heterocycles. The molecule has 1 unspecified atom stereocenters. The Morgan fingerprint density at radius 3 is 3.15 bits per heavy atom. The minimum atomic E-state index is 0.480. The molecule has 1 atom stereocenters. The van der Waals surface area contributed by atoms with Crippen LogP contribution in [0, 0.1) is 0 Å². The number of hydrogen-bond donors (Lipinski definition) is 0. The van der Waals surface area contributed by atoms with E-state index < -0.39 is 0 Å². The Balaban J connectivity index is 2.18. The quantitative estimate of drug-likeness (QED) is 0.387. The molecule has 3 aliphatic heterocycles. The fraction of sp³-hybridized carbons (Fsp3) is 0.250. The molecule has 1 heteroatoms. The van der Waals surface area contributed by atoms with E-state index in [1.54, 1.807) is 0 Å². The normalized spacial score (nSPS) is 28.9. The van der Waals surface area contributed by atoms with Crippen molar-refractivity contribution in [2.45, 2.75) is 18.9 Å². The molecular weight excluding hydrogens is 158 g/mol. The van der Waals surface area contributed by atoms with Crippen LogP contribution in [-0.2, 0) is 0 Å². The second-order valence-corrected chi connectivity index (χ2v) is 3.63. The van der Waals surface area contributed by atoms with Crippen molar-refractivity contribution in [3.05, 3.63) is 48.2 Å². The molecule has 0 aliphatic carbocycles. The molecule has 0 radical (unpaired) electrons. The Kier molecular flexibility index (Phi) is 1.39. The van der Waals surface area contributed by atoms with Crippen molar-refractivity contribution < 1.29 is 4.58 Å². The molecule has 64 valence electrons. The smallest absolute Gasteiger partial charge is 0.189 e. The molecule has 0 spiro atoms. The highest BCUT2D eigenvalue weighted by Crippen LogP contribution is 2.23. The van der Waals surface area contributed by atoms with E-state index in [1.165, 1.54) is 11.4 Å². The maximum atomic E-state index is 2.44. The van der Waals surface area contributed by atoms with Crippen LogP contribution in [0.1, 0.15) is 12.8 Å². The van der Waals surface area contributed by atoms with Gasteiger partial charge in [0, 0.05) is 12.2 Å². The van der Waals surface area contributed by atoms with Crippen molar-refractivity contribution in [3.8, 4) is 0 Å². The summed E-state index contributed by atoms with van der Waals surface area (Å²) in [6, 6.07) is 0.480. The lowest BCUT2D eigenvalue weighted by Gasteiger charge is -2.21. The van der Waals surface area contributed by atoms with Gasteiger partial charge < -0.3 is 0 Å². The van der Waals surface area contributed by atoms with Gasteiger partial charge in [-0.1, -0.05) is 18.2 Å². The highest BCUT2D eigenvalue weighted by molar-refractivity contribution is 5.93. The third-order valence-electron chi connectivity index (χ3n) is 2.81. The summed E-state index contributed by atoms with van der Waals surface area (Å²) in [4.78, 5) is 0. The second kappa shape index (κ2) is 2.56. The molecule has 0 saturated carbocycles. The highest BCUT2D eigenvalue weighted by atomic mass is 15.1. The van der Waals surface area contributed by atoms with E-state index in [2.05, 4.69) is 47.1 Å². The van der Waals surface area contributed by atoms with Crippen LogP contribution in [0.25, 0.3) is 0 Å². The minimum Gasteiger partial charge on any atom is -0.189 e. The molecule has 0 bridgehead atoms. The zero-order valence-electron chi connectivity index (χ0n) is 7.48. The molecule has 0 aromatic heterocycles. The Morgan fingerprint density at radius 2 is 2.15 bits per heavy atom. The van der Waals surface area contributed by atoms with E-state index >= 15 is 0 Å². The summed E-state index contributed by atoms with van der Waals surface area (Å²) in [5.41, 5.74) is 2.88. The number of rotatable bonds is 0. The monoisotopic (exact) mass is 170 g/mol. The van der Waals surface area contributed by atoms with Gasteiger partial charge in [0.25, 0.3) is 0 Å². The van der Waals surface area contributed by atoms with Crippen LogP contribution in [0.4, 0.5) is 0 Å². The van der Waals surface area contributed by atoms with Crippen molar-refractivity contribution in [2.24, 2.45) is 0 Å². The third kappa shape index (κ3) is 0.966. The molecule has 0 N–H and O–H groups in total. The van der Waals surface area contributed by atoms with Crippen molar-refractivity contribution >= 4 is 5.71 Å². The summed E-state index contributed by atoms with van der Waals surface area (Å²) in [5, 5.41) is 0. The lowest BCUT2D eigenvalue weighted by Crippen LogP contribution is -2.33. The molecule has 0 aromatic rings. The first kappa shape index (κ1) is 7.07. The third-order valence-corrected chi connectivity index (χ3v) is 2.81. The number of hydrogen-bond acceptors (Lipinski definition) is 0. The standard InChI is InChI=1S/C12H12N/c1-4-10-6-2-8-12-9-3-7-11(5-1)13(10)12/h1-6,9-10H,7-8H2/q+1. The molecule has 13 heavy (non-hydrogen) atoms. The SMILES string of the molecule is C1=CC2C=CCC3=[N+]2C(=C1)CC=C3. The Hall–Kier alpha value is -1.37. The summed E-state index contributed by atoms with van der Waals surface area (Å²) < 4.78 is 2.44. The first-order chi connectivity index (χ1) is 6.45. The Labute approximate surface area is 78.1 Å². The van der Waals surface area contributed by atoms with Gasteiger partial charge in [0.1, 0.15) is 0 Å². The maximum Gasteiger partial charge on any atom is 0.196 e. The van der Waals surface area contributed by atoms with Gasteiger partial charge in [-0.3, -0.25) is 0 Å². The lowest BCUT2D eigenvalue weighted by atomic mass is 9.99. The van der Waals surface area contributed by atoms with Crippen molar-refractivity contribution in [1.29, 1.82) is 0 Å². The van der Waals surface area contributed by atoms with E-state index in [9.17, 15) is 0 Å². The van der Waals surface area contributed by atoms with Crippen molar-refractivity contribution in [2.75, 3.05) is 0 Å². The van der Waals surface area contributed by atoms with Crippen LogP contribution in [0.5, 0.6) is 0 Å². The van der Waals surface area contributed by atoms with Crippen LogP contribution in [-0.4, -0.2) is 16.3 Å². The minimum absolute atomic E-state index is 0.480. The van der Waals surface area contributed by atoms with Gasteiger partial charge in [-0.25, -0.2) is 0 Å². The summed E-state index contributed by atoms with van der Waals surface area (Å²) in [5.74, 6) is 0. The predicted octanol–water partition coefficient (Wildman–Crippen LogP) is 2.18. The van der Waals surface area contributed by atoms with Gasteiger partial charge in [-0.2, -0.15) is 4.58 Å². The zero-order chi connectivity index (χ0) is 8.67. The van der Waals surface area contributed by atoms with Crippen LogP contribution in [0.2, 0.25) is 0 Å². The number of allylic oxidation sites excluding steroid dienone is 5. The maximum absolute atomic E-state index is 2.44.